The van der Waals surface area contributed by atoms with E-state index in [4.69, 9.17) is 0 Å². The molecule has 0 heterocycles. The van der Waals surface area contributed by atoms with Gasteiger partial charge in [0.15, 0.2) is 0 Å². The minimum Gasteiger partial charge on any atom is -0.388 e. The van der Waals surface area contributed by atoms with Crippen molar-refractivity contribution in [1.82, 2.24) is 0 Å². The van der Waals surface area contributed by atoms with Crippen LogP contribution in [-0.4, -0.2) is 19.3 Å². The van der Waals surface area contributed by atoms with Gasteiger partial charge < -0.3 is 5.11 Å². The number of hydrogen-bond acceptors (Lipinski definition) is 1. The summed E-state index contributed by atoms with van der Waals surface area (Å²) in [6.07, 6.45) is 1.39. The van der Waals surface area contributed by atoms with Gasteiger partial charge >= 0.3 is 0 Å². The topological polar surface area (TPSA) is 20.2 Å². The molecule has 0 saturated heterocycles. The minimum absolute atomic E-state index is 0.0989. The number of hydrogen-bond donors (Lipinski definition) is 1. The van der Waals surface area contributed by atoms with Crippen LogP contribution in [0.1, 0.15) is 13.8 Å². The molecule has 0 bridgehead atoms. The average Bonchev–Trinajstić information content (AvgIpc) is 2.37. The molecule has 1 rings (SSSR count). The van der Waals surface area contributed by atoms with Gasteiger partial charge in [0.2, 0.25) is 0 Å². The minimum atomic E-state index is -1.62. The third-order valence-corrected chi connectivity index (χ3v) is 6.44. The van der Waals surface area contributed by atoms with Crippen molar-refractivity contribution in [2.45, 2.75) is 33.0 Å². The number of aliphatic hydroxyl groups is 1. The molecule has 0 fully saturated rings. The first-order valence-electron chi connectivity index (χ1n) is 6.44. The summed E-state index contributed by atoms with van der Waals surface area (Å²) in [4.78, 5) is 0. The predicted molar refractivity (Wildman–Crippen MR) is 82.7 cm³/mol. The molecule has 1 aromatic carbocycles. The molecule has 1 nitrogen and oxygen atoms in total. The highest BCUT2D eigenvalue weighted by Gasteiger charge is 2.23. The molecule has 0 saturated carbocycles. The lowest BCUT2D eigenvalue weighted by atomic mass is 10.00. The van der Waals surface area contributed by atoms with Crippen molar-refractivity contribution in [2.75, 3.05) is 0 Å². The molecule has 0 aliphatic rings. The lowest BCUT2D eigenvalue weighted by molar-refractivity contribution is 0.173. The highest BCUT2D eigenvalue weighted by molar-refractivity contribution is 6.94. The first-order chi connectivity index (χ1) is 8.38. The smallest absolute Gasteiger partial charge is 0.104 e. The van der Waals surface area contributed by atoms with E-state index < -0.39 is 14.2 Å². The second-order valence-electron chi connectivity index (χ2n) is 5.52. The molecule has 0 unspecified atom stereocenters. The van der Waals surface area contributed by atoms with Gasteiger partial charge in [-0.05, 0) is 6.92 Å². The van der Waals surface area contributed by atoms with Crippen molar-refractivity contribution in [3.63, 3.8) is 0 Å². The fourth-order valence-electron chi connectivity index (χ4n) is 2.15. The van der Waals surface area contributed by atoms with Crippen LogP contribution in [0.2, 0.25) is 13.1 Å². The molecule has 0 radical (unpaired) electrons. The summed E-state index contributed by atoms with van der Waals surface area (Å²) in [5.41, 5.74) is 3.34. The summed E-state index contributed by atoms with van der Waals surface area (Å²) in [7, 11) is -1.62. The summed E-state index contributed by atoms with van der Waals surface area (Å²) in [5.74, 6) is 0.0989. The largest absolute Gasteiger partial charge is 0.388 e. The van der Waals surface area contributed by atoms with Crippen LogP contribution < -0.4 is 5.19 Å². The maximum absolute atomic E-state index is 10.2. The average molecular weight is 260 g/mol. The normalized spacial score (nSPS) is 16.2. The van der Waals surface area contributed by atoms with Crippen molar-refractivity contribution < 1.29 is 5.11 Å². The standard InChI is InChI=1S/C16H24OSi/c1-6-13(2)16(17)14(3)12-18(4,5)15-10-8-7-9-11-15/h6-13,16-17H,1H2,2-5H3/b14-12+/t13-,16-/m0/s1. The zero-order valence-corrected chi connectivity index (χ0v) is 12.9. The van der Waals surface area contributed by atoms with E-state index in [0.29, 0.717) is 0 Å². The Kier molecular flexibility index (Phi) is 5.11. The maximum Gasteiger partial charge on any atom is 0.104 e. The zero-order valence-electron chi connectivity index (χ0n) is 11.9. The van der Waals surface area contributed by atoms with Gasteiger partial charge in [0.05, 0.1) is 6.10 Å². The second-order valence-corrected chi connectivity index (χ2v) is 9.83. The van der Waals surface area contributed by atoms with Crippen molar-refractivity contribution in [3.8, 4) is 0 Å². The van der Waals surface area contributed by atoms with E-state index in [1.165, 1.54) is 5.19 Å². The Balaban J connectivity index is 2.97. The monoisotopic (exact) mass is 260 g/mol. The van der Waals surface area contributed by atoms with Gasteiger partial charge in [0.1, 0.15) is 8.07 Å². The van der Waals surface area contributed by atoms with Crippen molar-refractivity contribution in [3.05, 3.63) is 54.3 Å². The second kappa shape index (κ2) is 6.16. The van der Waals surface area contributed by atoms with Crippen LogP contribution in [0.25, 0.3) is 0 Å². The van der Waals surface area contributed by atoms with Crippen LogP contribution in [-0.2, 0) is 0 Å². The van der Waals surface area contributed by atoms with E-state index in [0.717, 1.165) is 5.57 Å². The van der Waals surface area contributed by atoms with E-state index in [1.807, 2.05) is 19.9 Å². The molecule has 18 heavy (non-hydrogen) atoms. The van der Waals surface area contributed by atoms with Gasteiger partial charge in [-0.2, -0.15) is 0 Å². The van der Waals surface area contributed by atoms with E-state index in [9.17, 15) is 5.11 Å². The lowest BCUT2D eigenvalue weighted by Crippen LogP contribution is -2.40. The third-order valence-electron chi connectivity index (χ3n) is 3.44. The maximum atomic E-state index is 10.2. The zero-order chi connectivity index (χ0) is 13.8. The summed E-state index contributed by atoms with van der Waals surface area (Å²) >= 11 is 0. The summed E-state index contributed by atoms with van der Waals surface area (Å²) in [6, 6.07) is 10.6. The van der Waals surface area contributed by atoms with Crippen LogP contribution in [0.5, 0.6) is 0 Å². The van der Waals surface area contributed by atoms with Crippen LogP contribution in [0, 0.1) is 5.92 Å². The van der Waals surface area contributed by atoms with Crippen LogP contribution >= 0.6 is 0 Å². The van der Waals surface area contributed by atoms with Gasteiger partial charge in [0.25, 0.3) is 0 Å². The third kappa shape index (κ3) is 3.69. The van der Waals surface area contributed by atoms with E-state index in [2.05, 4.69) is 49.6 Å². The molecular formula is C16H24OSi. The lowest BCUT2D eigenvalue weighted by Gasteiger charge is -2.23. The van der Waals surface area contributed by atoms with Gasteiger partial charge in [-0.1, -0.05) is 72.9 Å². The summed E-state index contributed by atoms with van der Waals surface area (Å²) < 4.78 is 0. The van der Waals surface area contributed by atoms with Crippen LogP contribution in [0.15, 0.2) is 54.3 Å². The Bertz CT molecular complexity index is 420. The van der Waals surface area contributed by atoms with Gasteiger partial charge in [0, 0.05) is 5.92 Å². The molecule has 1 aromatic rings. The highest BCUT2D eigenvalue weighted by atomic mass is 28.3. The Hall–Kier alpha value is -1.12. The van der Waals surface area contributed by atoms with Crippen molar-refractivity contribution in [1.29, 1.82) is 0 Å². The molecule has 1 N–H and O–H groups in total. The number of aliphatic hydroxyl groups excluding tert-OH is 1. The van der Waals surface area contributed by atoms with E-state index in [1.54, 1.807) is 6.08 Å². The Morgan fingerprint density at radius 1 is 1.28 bits per heavy atom. The van der Waals surface area contributed by atoms with Gasteiger partial charge in [-0.3, -0.25) is 0 Å². The van der Waals surface area contributed by atoms with Crippen LogP contribution in [0.3, 0.4) is 0 Å². The quantitative estimate of drug-likeness (QED) is 0.636. The molecule has 2 heteroatoms. The fraction of sp³-hybridized carbons (Fsp3) is 0.375. The SMILES string of the molecule is C=C[C@H](C)[C@H](O)/C(C)=C/[Si](C)(C)c1ccccc1. The summed E-state index contributed by atoms with van der Waals surface area (Å²) in [6.45, 7) is 12.4. The Morgan fingerprint density at radius 2 is 1.83 bits per heavy atom. The van der Waals surface area contributed by atoms with E-state index >= 15 is 0 Å². The van der Waals surface area contributed by atoms with Crippen molar-refractivity contribution >= 4 is 13.3 Å². The van der Waals surface area contributed by atoms with Crippen molar-refractivity contribution in [2.24, 2.45) is 5.92 Å². The molecule has 0 aromatic heterocycles. The first-order valence-corrected chi connectivity index (χ1v) is 9.51. The predicted octanol–water partition coefficient (Wildman–Crippen LogP) is 3.27. The first kappa shape index (κ1) is 14.9. The molecule has 2 atom stereocenters. The summed E-state index contributed by atoms with van der Waals surface area (Å²) in [5, 5.41) is 11.6. The van der Waals surface area contributed by atoms with Gasteiger partial charge in [-0.15, -0.1) is 6.58 Å². The Labute approximate surface area is 112 Å². The molecule has 98 valence electrons. The number of benzene rings is 1. The molecule has 0 spiro atoms. The number of rotatable bonds is 5. The molecule has 0 aliphatic heterocycles. The van der Waals surface area contributed by atoms with Gasteiger partial charge in [-0.25, -0.2) is 0 Å². The highest BCUT2D eigenvalue weighted by Crippen LogP contribution is 2.16. The molecular weight excluding hydrogens is 236 g/mol. The van der Waals surface area contributed by atoms with Crippen LogP contribution in [0.4, 0.5) is 0 Å². The fourth-order valence-corrected chi connectivity index (χ4v) is 4.68. The Morgan fingerprint density at radius 3 is 2.33 bits per heavy atom. The molecule has 0 amide bonds. The van der Waals surface area contributed by atoms with E-state index in [-0.39, 0.29) is 5.92 Å². The molecule has 0 aliphatic carbocycles.